The van der Waals surface area contributed by atoms with Crippen molar-refractivity contribution in [2.75, 3.05) is 24.9 Å². The summed E-state index contributed by atoms with van der Waals surface area (Å²) in [4.78, 5) is 36.7. The molecule has 3 amide bonds. The van der Waals surface area contributed by atoms with Crippen molar-refractivity contribution in [1.29, 1.82) is 0 Å². The number of fused-ring (bicyclic) bond motifs is 3. The van der Waals surface area contributed by atoms with Gasteiger partial charge in [0.05, 0.1) is 26.3 Å². The Labute approximate surface area is 206 Å². The first-order valence-corrected chi connectivity index (χ1v) is 11.0. The first-order valence-electron chi connectivity index (χ1n) is 11.0. The normalized spacial score (nSPS) is 11.2. The van der Waals surface area contributed by atoms with Gasteiger partial charge >= 0.3 is 11.8 Å². The number of nitrogens with zero attached hydrogens (tertiary/aromatic N) is 1. The maximum absolute atomic E-state index is 12.6. The first kappa shape index (κ1) is 24.3. The molecule has 0 unspecified atom stereocenters. The zero-order valence-electron chi connectivity index (χ0n) is 19.9. The summed E-state index contributed by atoms with van der Waals surface area (Å²) in [5, 5.41) is 10.9. The predicted octanol–water partition coefficient (Wildman–Crippen LogP) is 4.06. The number of carbonyl (C=O) groups excluding carboxylic acids is 3. The SMILES string of the molecule is COc1ccc(NC(=O)C(=O)NN=C(C)CC(=O)Nc2cc3oc4ccccc4c3cc2OC)cc1. The van der Waals surface area contributed by atoms with Crippen molar-refractivity contribution in [1.82, 2.24) is 5.43 Å². The van der Waals surface area contributed by atoms with Crippen LogP contribution in [0.15, 0.2) is 70.2 Å². The van der Waals surface area contributed by atoms with Crippen LogP contribution in [0.3, 0.4) is 0 Å². The van der Waals surface area contributed by atoms with Gasteiger partial charge in [-0.05, 0) is 43.3 Å². The highest BCUT2D eigenvalue weighted by Gasteiger charge is 2.16. The van der Waals surface area contributed by atoms with Gasteiger partial charge in [-0.15, -0.1) is 0 Å². The minimum absolute atomic E-state index is 0.123. The van der Waals surface area contributed by atoms with Crippen LogP contribution in [0.5, 0.6) is 11.5 Å². The molecule has 0 spiro atoms. The van der Waals surface area contributed by atoms with Crippen LogP contribution in [0.25, 0.3) is 21.9 Å². The van der Waals surface area contributed by atoms with E-state index in [9.17, 15) is 14.4 Å². The van der Waals surface area contributed by atoms with E-state index < -0.39 is 11.8 Å². The lowest BCUT2D eigenvalue weighted by Crippen LogP contribution is -2.33. The summed E-state index contributed by atoms with van der Waals surface area (Å²) in [7, 11) is 3.04. The molecule has 0 radical (unpaired) electrons. The number of benzene rings is 3. The quantitative estimate of drug-likeness (QED) is 0.204. The van der Waals surface area contributed by atoms with Crippen LogP contribution in [0.4, 0.5) is 11.4 Å². The average Bonchev–Trinajstić information content (AvgIpc) is 3.24. The highest BCUT2D eigenvalue weighted by molar-refractivity contribution is 6.39. The van der Waals surface area contributed by atoms with E-state index in [1.807, 2.05) is 24.3 Å². The van der Waals surface area contributed by atoms with Crippen LogP contribution in [0.1, 0.15) is 13.3 Å². The van der Waals surface area contributed by atoms with Crippen molar-refractivity contribution < 1.29 is 28.3 Å². The van der Waals surface area contributed by atoms with Gasteiger partial charge in [0.2, 0.25) is 5.91 Å². The zero-order valence-corrected chi connectivity index (χ0v) is 19.9. The molecule has 0 fully saturated rings. The highest BCUT2D eigenvalue weighted by atomic mass is 16.5. The summed E-state index contributed by atoms with van der Waals surface area (Å²) in [6.45, 7) is 1.56. The lowest BCUT2D eigenvalue weighted by Gasteiger charge is -2.10. The van der Waals surface area contributed by atoms with Gasteiger partial charge in [0.25, 0.3) is 0 Å². The summed E-state index contributed by atoms with van der Waals surface area (Å²) in [5.74, 6) is -1.17. The van der Waals surface area contributed by atoms with Gasteiger partial charge in [-0.3, -0.25) is 14.4 Å². The van der Waals surface area contributed by atoms with Gasteiger partial charge in [-0.25, -0.2) is 5.43 Å². The third kappa shape index (κ3) is 5.44. The van der Waals surface area contributed by atoms with Gasteiger partial charge in [-0.2, -0.15) is 5.10 Å². The largest absolute Gasteiger partial charge is 0.497 e. The molecular weight excluding hydrogens is 464 g/mol. The third-order valence-electron chi connectivity index (χ3n) is 5.29. The number of hydrogen-bond acceptors (Lipinski definition) is 7. The van der Waals surface area contributed by atoms with Crippen molar-refractivity contribution in [2.24, 2.45) is 5.10 Å². The molecule has 3 N–H and O–H groups in total. The second-order valence-electron chi connectivity index (χ2n) is 7.84. The maximum atomic E-state index is 12.6. The van der Waals surface area contributed by atoms with Crippen LogP contribution in [-0.4, -0.2) is 37.7 Å². The molecule has 0 saturated heterocycles. The van der Waals surface area contributed by atoms with Crippen molar-refractivity contribution in [3.05, 3.63) is 60.7 Å². The molecule has 0 saturated carbocycles. The number of nitrogens with one attached hydrogen (secondary N) is 3. The summed E-state index contributed by atoms with van der Waals surface area (Å²) in [6.07, 6.45) is -0.123. The van der Waals surface area contributed by atoms with Gasteiger partial charge < -0.3 is 24.5 Å². The summed E-state index contributed by atoms with van der Waals surface area (Å²) >= 11 is 0. The third-order valence-corrected chi connectivity index (χ3v) is 5.29. The van der Waals surface area contributed by atoms with Crippen LogP contribution in [0.2, 0.25) is 0 Å². The number of ether oxygens (including phenoxy) is 2. The molecule has 3 aromatic carbocycles. The molecule has 0 aliphatic heterocycles. The number of hydrazone groups is 1. The molecule has 0 bridgehead atoms. The fourth-order valence-corrected chi connectivity index (χ4v) is 3.54. The molecule has 36 heavy (non-hydrogen) atoms. The van der Waals surface area contributed by atoms with E-state index >= 15 is 0 Å². The fourth-order valence-electron chi connectivity index (χ4n) is 3.54. The fraction of sp³-hybridized carbons (Fsp3) is 0.154. The molecule has 0 aliphatic carbocycles. The van der Waals surface area contributed by atoms with Crippen molar-refractivity contribution in [2.45, 2.75) is 13.3 Å². The average molecular weight is 489 g/mol. The molecule has 10 heteroatoms. The van der Waals surface area contributed by atoms with E-state index in [0.29, 0.717) is 34.2 Å². The van der Waals surface area contributed by atoms with Gasteiger partial charge in [0, 0.05) is 28.2 Å². The molecule has 184 valence electrons. The van der Waals surface area contributed by atoms with Gasteiger partial charge in [-0.1, -0.05) is 18.2 Å². The van der Waals surface area contributed by atoms with Crippen LogP contribution < -0.4 is 25.5 Å². The Bertz CT molecular complexity index is 1470. The molecule has 10 nitrogen and oxygen atoms in total. The Kier molecular flexibility index (Phi) is 7.15. The molecule has 1 aromatic heterocycles. The van der Waals surface area contributed by atoms with Crippen molar-refractivity contribution in [3.63, 3.8) is 0 Å². The molecule has 0 aliphatic rings. The highest BCUT2D eigenvalue weighted by Crippen LogP contribution is 2.36. The predicted molar refractivity (Wildman–Crippen MR) is 136 cm³/mol. The Morgan fingerprint density at radius 3 is 2.33 bits per heavy atom. The monoisotopic (exact) mass is 488 g/mol. The number of furan rings is 1. The standard InChI is InChI=1S/C26H24N4O6/c1-15(29-30-26(33)25(32)27-16-8-10-17(34-2)11-9-16)12-24(31)28-20-14-22-19(13-23(20)35-3)18-6-4-5-7-21(18)36-22/h4-11,13-14H,12H2,1-3H3,(H,27,32)(H,28,31)(H,30,33). The van der Waals surface area contributed by atoms with Crippen LogP contribution in [-0.2, 0) is 14.4 Å². The van der Waals surface area contributed by atoms with E-state index in [4.69, 9.17) is 13.9 Å². The molecule has 4 aromatic rings. The topological polar surface area (TPSA) is 131 Å². The van der Waals surface area contributed by atoms with E-state index in [0.717, 1.165) is 16.4 Å². The Hall–Kier alpha value is -4.86. The van der Waals surface area contributed by atoms with E-state index in [2.05, 4.69) is 21.2 Å². The van der Waals surface area contributed by atoms with Crippen LogP contribution in [0, 0.1) is 0 Å². The van der Waals surface area contributed by atoms with Crippen molar-refractivity contribution >= 4 is 56.7 Å². The smallest absolute Gasteiger partial charge is 0.329 e. The number of carbonyl (C=O) groups is 3. The number of para-hydroxylation sites is 1. The number of rotatable bonds is 7. The second kappa shape index (κ2) is 10.6. The first-order chi connectivity index (χ1) is 17.4. The van der Waals surface area contributed by atoms with Crippen LogP contribution >= 0.6 is 0 Å². The number of anilines is 2. The summed E-state index contributed by atoms with van der Waals surface area (Å²) in [5.41, 5.74) is 4.63. The summed E-state index contributed by atoms with van der Waals surface area (Å²) in [6, 6.07) is 17.6. The molecular formula is C26H24N4O6. The molecule has 0 atom stereocenters. The number of amides is 3. The zero-order chi connectivity index (χ0) is 25.7. The summed E-state index contributed by atoms with van der Waals surface area (Å²) < 4.78 is 16.4. The Morgan fingerprint density at radius 1 is 0.861 bits per heavy atom. The lowest BCUT2D eigenvalue weighted by atomic mass is 10.1. The second-order valence-corrected chi connectivity index (χ2v) is 7.84. The van der Waals surface area contributed by atoms with E-state index in [1.165, 1.54) is 14.2 Å². The number of hydrogen-bond donors (Lipinski definition) is 3. The minimum atomic E-state index is -0.970. The van der Waals surface area contributed by atoms with E-state index in [-0.39, 0.29) is 12.3 Å². The lowest BCUT2D eigenvalue weighted by molar-refractivity contribution is -0.136. The maximum Gasteiger partial charge on any atom is 0.329 e. The van der Waals surface area contributed by atoms with Crippen molar-refractivity contribution in [3.8, 4) is 11.5 Å². The van der Waals surface area contributed by atoms with E-state index in [1.54, 1.807) is 43.3 Å². The minimum Gasteiger partial charge on any atom is -0.497 e. The van der Waals surface area contributed by atoms with Gasteiger partial charge in [0.15, 0.2) is 0 Å². The number of methoxy groups -OCH3 is 2. The van der Waals surface area contributed by atoms with Gasteiger partial charge in [0.1, 0.15) is 22.7 Å². The Balaban J connectivity index is 1.36. The Morgan fingerprint density at radius 2 is 1.61 bits per heavy atom. The molecule has 4 rings (SSSR count). The molecule has 1 heterocycles.